The first-order valence-electron chi connectivity index (χ1n) is 7.24. The van der Waals surface area contributed by atoms with Gasteiger partial charge in [0.25, 0.3) is 0 Å². The number of fused-ring (bicyclic) bond motifs is 1. The normalized spacial score (nSPS) is 17.7. The average molecular weight is 332 g/mol. The van der Waals surface area contributed by atoms with Crippen molar-refractivity contribution in [2.45, 2.75) is 12.5 Å². The van der Waals surface area contributed by atoms with Crippen molar-refractivity contribution in [1.82, 2.24) is 19.6 Å². The number of aromatic nitrogens is 4. The Balaban J connectivity index is 1.78. The van der Waals surface area contributed by atoms with Gasteiger partial charge in [0.05, 0.1) is 24.4 Å². The van der Waals surface area contributed by atoms with Crippen LogP contribution in [0.2, 0.25) is 5.02 Å². The maximum atomic E-state index is 10.1. The van der Waals surface area contributed by atoms with E-state index in [9.17, 15) is 5.11 Å². The lowest BCUT2D eigenvalue weighted by atomic mass is 10.1. The van der Waals surface area contributed by atoms with Gasteiger partial charge in [-0.25, -0.2) is 4.98 Å². The van der Waals surface area contributed by atoms with Gasteiger partial charge in [0.1, 0.15) is 17.8 Å². The van der Waals surface area contributed by atoms with Crippen LogP contribution in [-0.2, 0) is 4.74 Å². The van der Waals surface area contributed by atoms with Gasteiger partial charge in [-0.3, -0.25) is 4.40 Å². The molecule has 1 saturated heterocycles. The van der Waals surface area contributed by atoms with Crippen LogP contribution in [0.3, 0.4) is 0 Å². The van der Waals surface area contributed by atoms with E-state index in [4.69, 9.17) is 16.3 Å². The summed E-state index contributed by atoms with van der Waals surface area (Å²) in [4.78, 5) is 4.17. The fraction of sp³-hybridized carbons (Fsp3) is 0.267. The maximum Gasteiger partial charge on any atom is 0.229 e. The third-order valence-corrected chi connectivity index (χ3v) is 4.07. The van der Waals surface area contributed by atoms with Gasteiger partial charge in [-0.05, 0) is 24.6 Å². The van der Waals surface area contributed by atoms with Gasteiger partial charge >= 0.3 is 0 Å². The molecule has 1 fully saturated rings. The van der Waals surface area contributed by atoms with Crippen LogP contribution in [-0.4, -0.2) is 43.9 Å². The number of halogens is 1. The summed E-state index contributed by atoms with van der Waals surface area (Å²) in [6, 6.07) is 5.11. The number of rotatable bonds is 3. The lowest BCUT2D eigenvalue weighted by Gasteiger charge is -2.13. The molecule has 1 aliphatic heterocycles. The quantitative estimate of drug-likeness (QED) is 0.766. The van der Waals surface area contributed by atoms with Gasteiger partial charge in [0.15, 0.2) is 0 Å². The minimum Gasteiger partial charge on any atom is -0.507 e. The van der Waals surface area contributed by atoms with Gasteiger partial charge in [-0.15, -0.1) is 10.2 Å². The molecule has 1 atom stereocenters. The first-order chi connectivity index (χ1) is 11.2. The van der Waals surface area contributed by atoms with E-state index in [2.05, 4.69) is 20.5 Å². The number of aromatic hydroxyl groups is 1. The predicted molar refractivity (Wildman–Crippen MR) is 85.7 cm³/mol. The van der Waals surface area contributed by atoms with Crippen molar-refractivity contribution in [3.05, 3.63) is 35.7 Å². The Morgan fingerprint density at radius 2 is 2.26 bits per heavy atom. The van der Waals surface area contributed by atoms with E-state index >= 15 is 0 Å². The minimum absolute atomic E-state index is 0.0554. The van der Waals surface area contributed by atoms with Crippen LogP contribution in [0.5, 0.6) is 5.75 Å². The largest absolute Gasteiger partial charge is 0.507 e. The molecule has 2 N–H and O–H groups in total. The van der Waals surface area contributed by atoms with Gasteiger partial charge in [0.2, 0.25) is 5.95 Å². The van der Waals surface area contributed by atoms with Crippen molar-refractivity contribution in [3.8, 4) is 17.0 Å². The standard InChI is InChI=1S/C15H14ClN5O2/c16-9-1-2-11(13(22)5-9)14-12-6-17-8-21(12)15(20-19-14)18-10-3-4-23-7-10/h1-2,5-6,8,10,22H,3-4,7H2,(H,18,20)/t10-/m0/s1. The summed E-state index contributed by atoms with van der Waals surface area (Å²) in [5.74, 6) is 0.657. The molecule has 3 aromatic rings. The van der Waals surface area contributed by atoms with E-state index in [0.717, 1.165) is 18.5 Å². The monoisotopic (exact) mass is 331 g/mol. The molecule has 1 aliphatic rings. The summed E-state index contributed by atoms with van der Waals surface area (Å²) in [7, 11) is 0. The van der Waals surface area contributed by atoms with Crippen LogP contribution in [0, 0.1) is 0 Å². The van der Waals surface area contributed by atoms with Crippen molar-refractivity contribution < 1.29 is 9.84 Å². The molecule has 118 valence electrons. The fourth-order valence-electron chi connectivity index (χ4n) is 2.66. The molecule has 0 unspecified atom stereocenters. The number of phenols is 1. The van der Waals surface area contributed by atoms with Crippen LogP contribution < -0.4 is 5.32 Å². The molecule has 0 aliphatic carbocycles. The molecule has 8 heteroatoms. The Bertz CT molecular complexity index is 860. The van der Waals surface area contributed by atoms with Gasteiger partial charge in [0, 0.05) is 17.2 Å². The van der Waals surface area contributed by atoms with Crippen LogP contribution in [0.15, 0.2) is 30.7 Å². The molecule has 23 heavy (non-hydrogen) atoms. The van der Waals surface area contributed by atoms with Crippen molar-refractivity contribution in [1.29, 1.82) is 0 Å². The highest BCUT2D eigenvalue weighted by Gasteiger charge is 2.19. The van der Waals surface area contributed by atoms with Crippen LogP contribution >= 0.6 is 11.6 Å². The minimum atomic E-state index is 0.0554. The lowest BCUT2D eigenvalue weighted by molar-refractivity contribution is 0.195. The van der Waals surface area contributed by atoms with E-state index in [0.29, 0.717) is 28.8 Å². The van der Waals surface area contributed by atoms with E-state index in [1.165, 1.54) is 6.07 Å². The molecule has 4 rings (SSSR count). The third-order valence-electron chi connectivity index (χ3n) is 3.83. The van der Waals surface area contributed by atoms with E-state index in [1.807, 2.05) is 4.40 Å². The first kappa shape index (κ1) is 14.2. The van der Waals surface area contributed by atoms with Gasteiger partial charge < -0.3 is 15.2 Å². The maximum absolute atomic E-state index is 10.1. The second kappa shape index (κ2) is 5.68. The van der Waals surface area contributed by atoms with Gasteiger partial charge in [-0.1, -0.05) is 11.6 Å². The van der Waals surface area contributed by atoms with E-state index < -0.39 is 0 Å². The van der Waals surface area contributed by atoms with Crippen molar-refractivity contribution in [2.24, 2.45) is 0 Å². The SMILES string of the molecule is Oc1cc(Cl)ccc1-c1nnc(N[C@H]2CCOC2)n2cncc12. The second-order valence-electron chi connectivity index (χ2n) is 5.39. The Morgan fingerprint density at radius 1 is 1.35 bits per heavy atom. The fourth-order valence-corrected chi connectivity index (χ4v) is 2.83. The van der Waals surface area contributed by atoms with Crippen LogP contribution in [0.1, 0.15) is 6.42 Å². The molecule has 0 radical (unpaired) electrons. The molecular weight excluding hydrogens is 318 g/mol. The van der Waals surface area contributed by atoms with Crippen molar-refractivity contribution >= 4 is 23.1 Å². The number of ether oxygens (including phenoxy) is 1. The zero-order chi connectivity index (χ0) is 15.8. The predicted octanol–water partition coefficient (Wildman–Crippen LogP) is 2.35. The first-order valence-corrected chi connectivity index (χ1v) is 7.62. The van der Waals surface area contributed by atoms with Crippen molar-refractivity contribution in [2.75, 3.05) is 18.5 Å². The van der Waals surface area contributed by atoms with Crippen LogP contribution in [0.25, 0.3) is 16.8 Å². The number of nitrogens with zero attached hydrogens (tertiary/aromatic N) is 4. The number of hydrogen-bond donors (Lipinski definition) is 2. The molecule has 3 heterocycles. The molecule has 0 saturated carbocycles. The molecule has 1 aromatic carbocycles. The van der Waals surface area contributed by atoms with Gasteiger partial charge in [-0.2, -0.15) is 0 Å². The molecule has 0 bridgehead atoms. The summed E-state index contributed by atoms with van der Waals surface area (Å²) in [6.07, 6.45) is 4.28. The summed E-state index contributed by atoms with van der Waals surface area (Å²) >= 11 is 5.89. The smallest absolute Gasteiger partial charge is 0.229 e. The molecule has 0 spiro atoms. The number of nitrogens with one attached hydrogen (secondary N) is 1. The topological polar surface area (TPSA) is 84.6 Å². The summed E-state index contributed by atoms with van der Waals surface area (Å²) in [5, 5.41) is 22.4. The van der Waals surface area contributed by atoms with Crippen molar-refractivity contribution in [3.63, 3.8) is 0 Å². The summed E-state index contributed by atoms with van der Waals surface area (Å²) in [5.41, 5.74) is 1.85. The number of phenolic OH excluding ortho intramolecular Hbond substituents is 1. The van der Waals surface area contributed by atoms with Crippen LogP contribution in [0.4, 0.5) is 5.95 Å². The average Bonchev–Trinajstić information content (AvgIpc) is 3.19. The third kappa shape index (κ3) is 2.58. The molecule has 7 nitrogen and oxygen atoms in total. The Labute approximate surface area is 136 Å². The number of anilines is 1. The summed E-state index contributed by atoms with van der Waals surface area (Å²) in [6.45, 7) is 1.40. The van der Waals surface area contributed by atoms with E-state index in [1.54, 1.807) is 24.7 Å². The molecule has 2 aromatic heterocycles. The highest BCUT2D eigenvalue weighted by molar-refractivity contribution is 6.30. The molecule has 0 amide bonds. The Hall–Kier alpha value is -2.38. The highest BCUT2D eigenvalue weighted by atomic mass is 35.5. The summed E-state index contributed by atoms with van der Waals surface area (Å²) < 4.78 is 7.18. The number of benzene rings is 1. The zero-order valence-corrected chi connectivity index (χ0v) is 12.9. The highest BCUT2D eigenvalue weighted by Crippen LogP contribution is 2.33. The lowest BCUT2D eigenvalue weighted by Crippen LogP contribution is -2.22. The second-order valence-corrected chi connectivity index (χ2v) is 5.82. The zero-order valence-electron chi connectivity index (χ0n) is 12.1. The number of hydrogen-bond acceptors (Lipinski definition) is 6. The Morgan fingerprint density at radius 3 is 3.04 bits per heavy atom. The Kier molecular flexibility index (Phi) is 3.51. The van der Waals surface area contributed by atoms with E-state index in [-0.39, 0.29) is 11.8 Å². The number of imidazole rings is 1. The molecular formula is C15H14ClN5O2.